The largest absolute Gasteiger partial charge is 0.379 e. The highest BCUT2D eigenvalue weighted by Crippen LogP contribution is 2.20. The number of hydrogen-bond acceptors (Lipinski definition) is 2. The Labute approximate surface area is 107 Å². The lowest BCUT2D eigenvalue weighted by molar-refractivity contribution is 0.112. The van der Waals surface area contributed by atoms with Crippen LogP contribution in [-0.2, 0) is 4.74 Å². The predicted octanol–water partition coefficient (Wildman–Crippen LogP) is 3.56. The summed E-state index contributed by atoms with van der Waals surface area (Å²) in [7, 11) is 0. The molecule has 96 valence electrons. The van der Waals surface area contributed by atoms with E-state index in [0.717, 1.165) is 25.1 Å². The van der Waals surface area contributed by atoms with Crippen LogP contribution >= 0.6 is 11.6 Å². The molecule has 0 spiro atoms. The van der Waals surface area contributed by atoms with E-state index in [2.05, 4.69) is 12.2 Å². The smallest absolute Gasteiger partial charge is 0.142 e. The number of halogens is 2. The molecule has 1 aromatic carbocycles. The van der Waals surface area contributed by atoms with Gasteiger partial charge in [0.05, 0.1) is 17.7 Å². The van der Waals surface area contributed by atoms with Crippen LogP contribution in [0.2, 0.25) is 5.02 Å². The molecule has 1 rings (SSSR count). The molecule has 0 aromatic heterocycles. The first-order valence-corrected chi connectivity index (χ1v) is 6.32. The number of benzene rings is 1. The second-order valence-electron chi connectivity index (χ2n) is 3.86. The number of rotatable bonds is 7. The van der Waals surface area contributed by atoms with Crippen molar-refractivity contribution < 1.29 is 9.13 Å². The summed E-state index contributed by atoms with van der Waals surface area (Å²) in [5, 5.41) is 3.42. The van der Waals surface area contributed by atoms with Gasteiger partial charge >= 0.3 is 0 Å². The Bertz CT molecular complexity index is 346. The Morgan fingerprint density at radius 3 is 2.76 bits per heavy atom. The molecule has 1 atom stereocenters. The Morgan fingerprint density at radius 1 is 1.41 bits per heavy atom. The minimum absolute atomic E-state index is 0.0123. The van der Waals surface area contributed by atoms with Crippen LogP contribution < -0.4 is 5.32 Å². The Kier molecular flexibility index (Phi) is 6.48. The van der Waals surface area contributed by atoms with E-state index in [1.807, 2.05) is 13.0 Å². The summed E-state index contributed by atoms with van der Waals surface area (Å²) < 4.78 is 18.9. The van der Waals surface area contributed by atoms with E-state index in [0.29, 0.717) is 6.61 Å². The maximum absolute atomic E-state index is 13.4. The zero-order valence-electron chi connectivity index (χ0n) is 10.3. The molecule has 0 saturated heterocycles. The lowest BCUT2D eigenvalue weighted by atomic mass is 10.1. The van der Waals surface area contributed by atoms with Gasteiger partial charge in [0.2, 0.25) is 0 Å². The summed E-state index contributed by atoms with van der Waals surface area (Å²) in [5.74, 6) is -0.387. The molecule has 4 heteroatoms. The van der Waals surface area contributed by atoms with Crippen LogP contribution in [0.4, 0.5) is 4.39 Å². The molecule has 0 amide bonds. The minimum Gasteiger partial charge on any atom is -0.379 e. The average molecular weight is 260 g/mol. The second kappa shape index (κ2) is 7.64. The van der Waals surface area contributed by atoms with Gasteiger partial charge < -0.3 is 10.1 Å². The molecule has 0 fully saturated rings. The Morgan fingerprint density at radius 2 is 2.18 bits per heavy atom. The van der Waals surface area contributed by atoms with Crippen LogP contribution in [0.3, 0.4) is 0 Å². The summed E-state index contributed by atoms with van der Waals surface area (Å²) >= 11 is 5.66. The third-order valence-electron chi connectivity index (χ3n) is 2.43. The normalized spacial score (nSPS) is 12.7. The molecular weight excluding hydrogens is 241 g/mol. The molecule has 17 heavy (non-hydrogen) atoms. The molecule has 1 aromatic rings. The molecule has 2 nitrogen and oxygen atoms in total. The van der Waals surface area contributed by atoms with Crippen molar-refractivity contribution in [1.29, 1.82) is 0 Å². The van der Waals surface area contributed by atoms with Crippen molar-refractivity contribution in [2.24, 2.45) is 0 Å². The zero-order valence-corrected chi connectivity index (χ0v) is 11.1. The van der Waals surface area contributed by atoms with Gasteiger partial charge in [-0.05, 0) is 30.7 Å². The van der Waals surface area contributed by atoms with Gasteiger partial charge in [-0.15, -0.1) is 0 Å². The van der Waals surface area contributed by atoms with Crippen LogP contribution in [0.25, 0.3) is 0 Å². The van der Waals surface area contributed by atoms with Crippen LogP contribution in [0.15, 0.2) is 18.2 Å². The standard InChI is InChI=1S/C13H19ClFNO/c1-3-7-17-9-13(16-4-2)10-5-6-11(14)12(15)8-10/h5-6,8,13,16H,3-4,7,9H2,1-2H3. The van der Waals surface area contributed by atoms with Crippen LogP contribution in [0.1, 0.15) is 31.9 Å². The van der Waals surface area contributed by atoms with Crippen LogP contribution in [0, 0.1) is 5.82 Å². The highest BCUT2D eigenvalue weighted by atomic mass is 35.5. The SMILES string of the molecule is CCCOCC(NCC)c1ccc(Cl)c(F)c1. The van der Waals surface area contributed by atoms with Crippen molar-refractivity contribution in [1.82, 2.24) is 5.32 Å². The fraction of sp³-hybridized carbons (Fsp3) is 0.538. The first-order chi connectivity index (χ1) is 8.19. The van der Waals surface area contributed by atoms with E-state index in [1.165, 1.54) is 6.07 Å². The summed E-state index contributed by atoms with van der Waals surface area (Å²) in [6.45, 7) is 6.15. The molecule has 0 aliphatic heterocycles. The lowest BCUT2D eigenvalue weighted by Crippen LogP contribution is -2.25. The molecule has 0 saturated carbocycles. The molecule has 0 radical (unpaired) electrons. The first-order valence-electron chi connectivity index (χ1n) is 5.95. The number of nitrogens with one attached hydrogen (secondary N) is 1. The van der Waals surface area contributed by atoms with Gasteiger partial charge in [-0.1, -0.05) is 31.5 Å². The quantitative estimate of drug-likeness (QED) is 0.756. The van der Waals surface area contributed by atoms with Crippen LogP contribution in [-0.4, -0.2) is 19.8 Å². The summed E-state index contributed by atoms with van der Waals surface area (Å²) in [5.41, 5.74) is 0.866. The lowest BCUT2D eigenvalue weighted by Gasteiger charge is -2.18. The average Bonchev–Trinajstić information content (AvgIpc) is 2.32. The maximum Gasteiger partial charge on any atom is 0.142 e. The predicted molar refractivity (Wildman–Crippen MR) is 68.9 cm³/mol. The monoisotopic (exact) mass is 259 g/mol. The van der Waals surface area contributed by atoms with Crippen molar-refractivity contribution in [2.45, 2.75) is 26.3 Å². The van der Waals surface area contributed by atoms with E-state index in [-0.39, 0.29) is 16.9 Å². The van der Waals surface area contributed by atoms with E-state index in [1.54, 1.807) is 6.07 Å². The third-order valence-corrected chi connectivity index (χ3v) is 2.74. The van der Waals surface area contributed by atoms with E-state index < -0.39 is 0 Å². The topological polar surface area (TPSA) is 21.3 Å². The highest BCUT2D eigenvalue weighted by Gasteiger charge is 2.12. The van der Waals surface area contributed by atoms with Crippen molar-refractivity contribution in [2.75, 3.05) is 19.8 Å². The van der Waals surface area contributed by atoms with Gasteiger partial charge in [-0.2, -0.15) is 0 Å². The Balaban J connectivity index is 2.70. The van der Waals surface area contributed by atoms with Gasteiger partial charge in [-0.25, -0.2) is 4.39 Å². The molecule has 0 aliphatic rings. The van der Waals surface area contributed by atoms with Gasteiger partial charge in [0, 0.05) is 6.61 Å². The summed E-state index contributed by atoms with van der Waals surface area (Å²) in [6, 6.07) is 4.88. The van der Waals surface area contributed by atoms with E-state index in [4.69, 9.17) is 16.3 Å². The molecule has 0 bridgehead atoms. The molecule has 0 aliphatic carbocycles. The van der Waals surface area contributed by atoms with Crippen molar-refractivity contribution >= 4 is 11.6 Å². The summed E-state index contributed by atoms with van der Waals surface area (Å²) in [4.78, 5) is 0. The van der Waals surface area contributed by atoms with Gasteiger partial charge in [0.25, 0.3) is 0 Å². The van der Waals surface area contributed by atoms with Crippen molar-refractivity contribution in [3.8, 4) is 0 Å². The Hall–Kier alpha value is -0.640. The van der Waals surface area contributed by atoms with Gasteiger partial charge in [0.1, 0.15) is 5.82 Å². The summed E-state index contributed by atoms with van der Waals surface area (Å²) in [6.07, 6.45) is 0.980. The van der Waals surface area contributed by atoms with Gasteiger partial charge in [0.15, 0.2) is 0 Å². The molecule has 1 unspecified atom stereocenters. The zero-order chi connectivity index (χ0) is 12.7. The van der Waals surface area contributed by atoms with Crippen molar-refractivity contribution in [3.05, 3.63) is 34.6 Å². The molecule has 1 N–H and O–H groups in total. The second-order valence-corrected chi connectivity index (χ2v) is 4.27. The third kappa shape index (κ3) is 4.62. The first kappa shape index (κ1) is 14.4. The minimum atomic E-state index is -0.387. The van der Waals surface area contributed by atoms with Crippen molar-refractivity contribution in [3.63, 3.8) is 0 Å². The van der Waals surface area contributed by atoms with E-state index in [9.17, 15) is 4.39 Å². The maximum atomic E-state index is 13.4. The number of hydrogen-bond donors (Lipinski definition) is 1. The highest BCUT2D eigenvalue weighted by molar-refractivity contribution is 6.30. The van der Waals surface area contributed by atoms with Gasteiger partial charge in [-0.3, -0.25) is 0 Å². The van der Waals surface area contributed by atoms with E-state index >= 15 is 0 Å². The fourth-order valence-corrected chi connectivity index (χ4v) is 1.71. The molecule has 0 heterocycles. The number of ether oxygens (including phenoxy) is 1. The van der Waals surface area contributed by atoms with Crippen LogP contribution in [0.5, 0.6) is 0 Å². The molecular formula is C13H19ClFNO. The fourth-order valence-electron chi connectivity index (χ4n) is 1.59. The number of likely N-dealkylation sites (N-methyl/N-ethyl adjacent to an activating group) is 1.